The van der Waals surface area contributed by atoms with E-state index in [0.717, 1.165) is 0 Å². The maximum atomic E-state index is 12.4. The van der Waals surface area contributed by atoms with Crippen LogP contribution in [0.3, 0.4) is 0 Å². The van der Waals surface area contributed by atoms with Crippen LogP contribution in [0.4, 0.5) is 0 Å². The molecule has 0 heterocycles. The molecular weight excluding hydrogens is 408 g/mol. The maximum absolute atomic E-state index is 12.4. The number of rotatable bonds is 13. The van der Waals surface area contributed by atoms with Gasteiger partial charge >= 0.3 is 11.9 Å². The van der Waals surface area contributed by atoms with Crippen LogP contribution in [0.2, 0.25) is 0 Å². The monoisotopic (exact) mass is 436 g/mol. The van der Waals surface area contributed by atoms with Gasteiger partial charge in [-0.25, -0.2) is 4.79 Å². The molecule has 0 aliphatic heterocycles. The molecule has 0 fully saturated rings. The number of carbonyl (C=O) groups excluding carboxylic acids is 3. The van der Waals surface area contributed by atoms with Gasteiger partial charge in [0.2, 0.25) is 17.7 Å². The van der Waals surface area contributed by atoms with Crippen molar-refractivity contribution < 1.29 is 39.3 Å². The summed E-state index contributed by atoms with van der Waals surface area (Å²) in [4.78, 5) is 58.8. The van der Waals surface area contributed by atoms with Crippen molar-refractivity contribution in [2.24, 2.45) is 11.7 Å². The second kappa shape index (κ2) is 13.0. The predicted octanol–water partition coefficient (Wildman–Crippen LogP) is -2.70. The number of aliphatic hydroxyl groups excluding tert-OH is 1. The SMILES string of the molecule is CCC(C)C(NC(=O)C(CO)NC(=O)C(CC(=O)O)NC(=O)C(N)CS)C(=O)O. The fraction of sp³-hybridized carbons (Fsp3) is 0.688. The number of thiol groups is 1. The number of nitrogens with two attached hydrogens (primary N) is 1. The second-order valence-electron chi connectivity index (χ2n) is 6.40. The third-order valence-corrected chi connectivity index (χ3v) is 4.53. The van der Waals surface area contributed by atoms with Crippen LogP contribution in [-0.4, -0.2) is 81.5 Å². The van der Waals surface area contributed by atoms with Crippen molar-refractivity contribution in [3.63, 3.8) is 0 Å². The van der Waals surface area contributed by atoms with Crippen molar-refractivity contribution in [2.45, 2.75) is 50.9 Å². The molecule has 0 saturated carbocycles. The van der Waals surface area contributed by atoms with Gasteiger partial charge in [0.15, 0.2) is 0 Å². The Morgan fingerprint density at radius 3 is 1.90 bits per heavy atom. The quantitative estimate of drug-likeness (QED) is 0.141. The van der Waals surface area contributed by atoms with Gasteiger partial charge in [-0.1, -0.05) is 20.3 Å². The van der Waals surface area contributed by atoms with E-state index in [2.05, 4.69) is 28.6 Å². The van der Waals surface area contributed by atoms with E-state index in [-0.39, 0.29) is 5.75 Å². The summed E-state index contributed by atoms with van der Waals surface area (Å²) in [5.74, 6) is -6.02. The van der Waals surface area contributed by atoms with E-state index in [1.165, 1.54) is 0 Å². The van der Waals surface area contributed by atoms with Crippen molar-refractivity contribution in [2.75, 3.05) is 12.4 Å². The predicted molar refractivity (Wildman–Crippen MR) is 104 cm³/mol. The van der Waals surface area contributed by atoms with Crippen molar-refractivity contribution >= 4 is 42.3 Å². The molecule has 0 spiro atoms. The third kappa shape index (κ3) is 9.11. The standard InChI is InChI=1S/C16H28N4O8S/c1-3-7(2)12(16(27)28)20-15(26)10(5-21)19-14(25)9(4-11(22)23)18-13(24)8(17)6-29/h7-10,12,21,29H,3-6,17H2,1-2H3,(H,18,24)(H,19,25)(H,20,26)(H,22,23)(H,27,28). The Hall–Kier alpha value is -2.38. The summed E-state index contributed by atoms with van der Waals surface area (Å²) < 4.78 is 0. The number of carboxylic acid groups (broad SMARTS) is 2. The van der Waals surface area contributed by atoms with Gasteiger partial charge in [-0.15, -0.1) is 0 Å². The molecule has 0 saturated heterocycles. The van der Waals surface area contributed by atoms with Crippen LogP contribution < -0.4 is 21.7 Å². The Balaban J connectivity index is 5.26. The van der Waals surface area contributed by atoms with Crippen molar-refractivity contribution in [1.29, 1.82) is 0 Å². The highest BCUT2D eigenvalue weighted by Gasteiger charge is 2.32. The van der Waals surface area contributed by atoms with Gasteiger partial charge in [0.05, 0.1) is 19.1 Å². The van der Waals surface area contributed by atoms with Crippen molar-refractivity contribution in [1.82, 2.24) is 16.0 Å². The molecule has 0 aromatic rings. The average molecular weight is 436 g/mol. The second-order valence-corrected chi connectivity index (χ2v) is 6.77. The molecule has 3 amide bonds. The minimum Gasteiger partial charge on any atom is -0.481 e. The molecule has 5 unspecified atom stereocenters. The lowest BCUT2D eigenvalue weighted by Crippen LogP contribution is -2.59. The molecule has 29 heavy (non-hydrogen) atoms. The lowest BCUT2D eigenvalue weighted by atomic mass is 9.99. The molecule has 0 rings (SSSR count). The van der Waals surface area contributed by atoms with Crippen molar-refractivity contribution in [3.8, 4) is 0 Å². The topological polar surface area (TPSA) is 208 Å². The molecular formula is C16H28N4O8S. The minimum atomic E-state index is -1.57. The Morgan fingerprint density at radius 1 is 0.966 bits per heavy atom. The van der Waals surface area contributed by atoms with Gasteiger partial charge in [0, 0.05) is 5.75 Å². The van der Waals surface area contributed by atoms with Crippen LogP contribution in [-0.2, 0) is 24.0 Å². The number of hydrogen-bond donors (Lipinski definition) is 8. The summed E-state index contributed by atoms with van der Waals surface area (Å²) in [7, 11) is 0. The van der Waals surface area contributed by atoms with E-state index < -0.39 is 72.8 Å². The van der Waals surface area contributed by atoms with Crippen LogP contribution in [0.25, 0.3) is 0 Å². The van der Waals surface area contributed by atoms with Gasteiger partial charge in [0.25, 0.3) is 0 Å². The number of aliphatic hydroxyl groups is 1. The highest BCUT2D eigenvalue weighted by Crippen LogP contribution is 2.08. The van der Waals surface area contributed by atoms with Crippen LogP contribution in [0, 0.1) is 5.92 Å². The number of hydrogen-bond acceptors (Lipinski definition) is 8. The third-order valence-electron chi connectivity index (χ3n) is 4.14. The van der Waals surface area contributed by atoms with E-state index >= 15 is 0 Å². The summed E-state index contributed by atoms with van der Waals surface area (Å²) in [5.41, 5.74) is 5.47. The Labute approximate surface area is 173 Å². The van der Waals surface area contributed by atoms with E-state index in [4.69, 9.17) is 10.8 Å². The molecule has 0 radical (unpaired) electrons. The summed E-state index contributed by atoms with van der Waals surface area (Å²) in [6.07, 6.45) is -0.354. The maximum Gasteiger partial charge on any atom is 0.326 e. The summed E-state index contributed by atoms with van der Waals surface area (Å²) in [6.45, 7) is 2.45. The van der Waals surface area contributed by atoms with E-state index in [1.807, 2.05) is 0 Å². The summed E-state index contributed by atoms with van der Waals surface area (Å²) in [5, 5.41) is 34.0. The Kier molecular flexibility index (Phi) is 11.9. The van der Waals surface area contributed by atoms with Crippen LogP contribution in [0.1, 0.15) is 26.7 Å². The number of aliphatic carboxylic acids is 2. The Bertz CT molecular complexity index is 618. The molecule has 12 nitrogen and oxygen atoms in total. The molecule has 0 bridgehead atoms. The van der Waals surface area contributed by atoms with Crippen LogP contribution in [0.5, 0.6) is 0 Å². The number of amides is 3. The first-order valence-corrected chi connectivity index (χ1v) is 9.44. The Morgan fingerprint density at radius 2 is 1.48 bits per heavy atom. The fourth-order valence-electron chi connectivity index (χ4n) is 2.15. The van der Waals surface area contributed by atoms with Crippen LogP contribution in [0.15, 0.2) is 0 Å². The van der Waals surface area contributed by atoms with E-state index in [0.29, 0.717) is 6.42 Å². The zero-order valence-corrected chi connectivity index (χ0v) is 17.0. The summed E-state index contributed by atoms with van der Waals surface area (Å²) >= 11 is 3.83. The van der Waals surface area contributed by atoms with E-state index in [1.54, 1.807) is 13.8 Å². The molecule has 0 aliphatic carbocycles. The highest BCUT2D eigenvalue weighted by molar-refractivity contribution is 7.80. The first-order chi connectivity index (χ1) is 13.5. The van der Waals surface area contributed by atoms with Gasteiger partial charge in [-0.05, 0) is 5.92 Å². The molecule has 8 N–H and O–H groups in total. The summed E-state index contributed by atoms with van der Waals surface area (Å²) in [6, 6.07) is -5.47. The molecule has 166 valence electrons. The smallest absolute Gasteiger partial charge is 0.326 e. The number of nitrogens with one attached hydrogen (secondary N) is 3. The molecule has 0 aliphatic rings. The number of carbonyl (C=O) groups is 5. The van der Waals surface area contributed by atoms with E-state index in [9.17, 15) is 34.2 Å². The first kappa shape index (κ1) is 26.6. The lowest BCUT2D eigenvalue weighted by molar-refractivity contribution is -0.144. The normalized spacial score (nSPS) is 15.9. The lowest BCUT2D eigenvalue weighted by Gasteiger charge is -2.25. The van der Waals surface area contributed by atoms with Gasteiger partial charge in [-0.2, -0.15) is 12.6 Å². The molecule has 0 aromatic heterocycles. The number of carboxylic acids is 2. The van der Waals surface area contributed by atoms with Crippen molar-refractivity contribution in [3.05, 3.63) is 0 Å². The zero-order chi connectivity index (χ0) is 22.7. The minimum absolute atomic E-state index is 0.0545. The largest absolute Gasteiger partial charge is 0.481 e. The fourth-order valence-corrected chi connectivity index (χ4v) is 2.31. The van der Waals surface area contributed by atoms with Crippen LogP contribution >= 0.6 is 12.6 Å². The van der Waals surface area contributed by atoms with Gasteiger partial charge < -0.3 is 37.0 Å². The highest BCUT2D eigenvalue weighted by atomic mass is 32.1. The molecule has 13 heteroatoms. The van der Waals surface area contributed by atoms with Gasteiger partial charge in [0.1, 0.15) is 18.1 Å². The average Bonchev–Trinajstić information content (AvgIpc) is 2.67. The molecule has 5 atom stereocenters. The molecule has 0 aromatic carbocycles. The first-order valence-electron chi connectivity index (χ1n) is 8.81. The van der Waals surface area contributed by atoms with Gasteiger partial charge in [-0.3, -0.25) is 19.2 Å². The zero-order valence-electron chi connectivity index (χ0n) is 16.1.